The van der Waals surface area contributed by atoms with Crippen molar-refractivity contribution >= 4 is 30.3 Å². The topological polar surface area (TPSA) is 88.9 Å². The summed E-state index contributed by atoms with van der Waals surface area (Å²) in [4.78, 5) is 24.9. The zero-order valence-electron chi connectivity index (χ0n) is 14.1. The number of hydrogen-bond acceptors (Lipinski definition) is 7. The first-order chi connectivity index (χ1) is 12.6. The molecule has 0 heterocycles. The molecule has 0 aromatic heterocycles. The van der Waals surface area contributed by atoms with Crippen molar-refractivity contribution in [1.29, 1.82) is 5.41 Å². The normalized spacial score (nSPS) is 9.88. The highest BCUT2D eigenvalue weighted by Crippen LogP contribution is 2.10. The van der Waals surface area contributed by atoms with Gasteiger partial charge in [0.2, 0.25) is 0 Å². The Morgan fingerprint density at radius 2 is 1.31 bits per heavy atom. The van der Waals surface area contributed by atoms with E-state index in [2.05, 4.69) is 0 Å². The smallest absolute Gasteiger partial charge is 0.428 e. The minimum atomic E-state index is -1.05. The maximum absolute atomic E-state index is 12.3. The Morgan fingerprint density at radius 1 is 0.885 bits per heavy atom. The summed E-state index contributed by atoms with van der Waals surface area (Å²) in [6.07, 6.45) is -0.547. The molecule has 2 amide bonds. The molecule has 2 aromatic rings. The van der Waals surface area contributed by atoms with Crippen molar-refractivity contribution < 1.29 is 23.2 Å². The molecule has 0 aliphatic rings. The Kier molecular flexibility index (Phi) is 7.50. The van der Waals surface area contributed by atoms with Gasteiger partial charge >= 0.3 is 18.2 Å². The number of amides is 2. The molecule has 0 spiro atoms. The highest BCUT2D eigenvalue weighted by Gasteiger charge is 2.31. The van der Waals surface area contributed by atoms with E-state index in [1.54, 1.807) is 54.8 Å². The monoisotopic (exact) mass is 374 g/mol. The van der Waals surface area contributed by atoms with Gasteiger partial charge in [-0.15, -0.1) is 4.90 Å². The van der Waals surface area contributed by atoms with Crippen LogP contribution in [0.3, 0.4) is 0 Å². The van der Waals surface area contributed by atoms with Gasteiger partial charge in [0.25, 0.3) is 0 Å². The number of nitrogens with zero attached hydrogens (tertiary/aromatic N) is 1. The van der Waals surface area contributed by atoms with Crippen molar-refractivity contribution in [2.45, 2.75) is 13.2 Å². The van der Waals surface area contributed by atoms with Crippen LogP contribution in [0, 0.1) is 5.41 Å². The first-order valence-corrected chi connectivity index (χ1v) is 8.77. The van der Waals surface area contributed by atoms with Crippen LogP contribution < -0.4 is 0 Å². The van der Waals surface area contributed by atoms with E-state index in [1.807, 2.05) is 12.1 Å². The molecule has 0 aliphatic heterocycles. The number of nitrogens with one attached hydrogen (secondary N) is 1. The van der Waals surface area contributed by atoms with E-state index >= 15 is 0 Å². The van der Waals surface area contributed by atoms with Crippen LogP contribution in [0.25, 0.3) is 0 Å². The molecule has 2 rings (SSSR count). The molecule has 2 aromatic carbocycles. The summed E-state index contributed by atoms with van der Waals surface area (Å²) in [6, 6.07) is 17.3. The number of rotatable bonds is 5. The summed E-state index contributed by atoms with van der Waals surface area (Å²) in [7, 11) is 0. The molecule has 0 radical (unpaired) electrons. The second kappa shape index (κ2) is 10.1. The first kappa shape index (κ1) is 19.3. The van der Waals surface area contributed by atoms with Crippen molar-refractivity contribution in [1.82, 2.24) is 4.90 Å². The number of hydrogen-bond donors (Lipinski definition) is 1. The second-order valence-electron chi connectivity index (χ2n) is 4.97. The number of imide groups is 1. The van der Waals surface area contributed by atoms with Gasteiger partial charge in [-0.05, 0) is 11.1 Å². The predicted molar refractivity (Wildman–Crippen MR) is 97.4 cm³/mol. The third kappa shape index (κ3) is 5.82. The van der Waals surface area contributed by atoms with Crippen molar-refractivity contribution in [2.24, 2.45) is 0 Å². The van der Waals surface area contributed by atoms with Crippen LogP contribution in [0.4, 0.5) is 9.59 Å². The van der Waals surface area contributed by atoms with Gasteiger partial charge in [-0.1, -0.05) is 60.7 Å². The lowest BCUT2D eigenvalue weighted by Crippen LogP contribution is -2.42. The van der Waals surface area contributed by atoms with E-state index in [0.717, 1.165) is 23.2 Å². The number of amidine groups is 1. The third-order valence-corrected chi connectivity index (χ3v) is 3.47. The van der Waals surface area contributed by atoms with Gasteiger partial charge in [-0.2, -0.15) is 0 Å². The SMILES string of the molecule is CSOC(=N)N(C(=O)OCc1ccccc1)C(=O)OCc1ccccc1. The van der Waals surface area contributed by atoms with Gasteiger partial charge in [-0.3, -0.25) is 0 Å². The lowest BCUT2D eigenvalue weighted by molar-refractivity contribution is 0.0851. The summed E-state index contributed by atoms with van der Waals surface area (Å²) in [5, 5.41) is 7.75. The third-order valence-electron chi connectivity index (χ3n) is 3.14. The quantitative estimate of drug-likeness (QED) is 0.479. The van der Waals surface area contributed by atoms with E-state index in [4.69, 9.17) is 19.1 Å². The maximum Gasteiger partial charge on any atom is 0.428 e. The van der Waals surface area contributed by atoms with Gasteiger partial charge in [0, 0.05) is 6.26 Å². The Bertz CT molecular complexity index is 684. The molecular weight excluding hydrogens is 356 g/mol. The Hall–Kier alpha value is -3.00. The summed E-state index contributed by atoms with van der Waals surface area (Å²) in [6.45, 7) is -0.0939. The largest absolute Gasteiger partial charge is 0.444 e. The molecule has 0 saturated heterocycles. The first-order valence-electron chi connectivity index (χ1n) is 7.62. The molecule has 26 heavy (non-hydrogen) atoms. The second-order valence-corrected chi connectivity index (χ2v) is 5.47. The fraction of sp³-hybridized carbons (Fsp3) is 0.167. The van der Waals surface area contributed by atoms with E-state index in [-0.39, 0.29) is 13.2 Å². The molecular formula is C18H18N2O5S. The number of carbonyl (C=O) groups is 2. The number of carbonyl (C=O) groups excluding carboxylic acids is 2. The van der Waals surface area contributed by atoms with Crippen molar-refractivity contribution in [3.63, 3.8) is 0 Å². The molecule has 0 fully saturated rings. The van der Waals surface area contributed by atoms with Crippen LogP contribution in [0.1, 0.15) is 11.1 Å². The van der Waals surface area contributed by atoms with E-state index < -0.39 is 18.2 Å². The fourth-order valence-electron chi connectivity index (χ4n) is 1.92. The maximum atomic E-state index is 12.3. The van der Waals surface area contributed by atoms with E-state index in [9.17, 15) is 9.59 Å². The molecule has 136 valence electrons. The summed E-state index contributed by atoms with van der Waals surface area (Å²) >= 11 is 0.820. The van der Waals surface area contributed by atoms with Crippen molar-refractivity contribution in [3.05, 3.63) is 71.8 Å². The summed E-state index contributed by atoms with van der Waals surface area (Å²) < 4.78 is 15.0. The zero-order valence-corrected chi connectivity index (χ0v) is 14.9. The van der Waals surface area contributed by atoms with Crippen LogP contribution in [-0.4, -0.2) is 29.4 Å². The average molecular weight is 374 g/mol. The summed E-state index contributed by atoms with van der Waals surface area (Å²) in [5.74, 6) is 0. The van der Waals surface area contributed by atoms with Gasteiger partial charge in [0.15, 0.2) is 0 Å². The van der Waals surface area contributed by atoms with E-state index in [1.165, 1.54) is 0 Å². The Morgan fingerprint density at radius 3 is 1.69 bits per heavy atom. The average Bonchev–Trinajstić information content (AvgIpc) is 2.67. The van der Waals surface area contributed by atoms with Crippen molar-refractivity contribution in [3.8, 4) is 0 Å². The zero-order chi connectivity index (χ0) is 18.8. The molecule has 7 nitrogen and oxygen atoms in total. The Balaban J connectivity index is 2.00. The minimum Gasteiger partial charge on any atom is -0.444 e. The molecule has 0 aliphatic carbocycles. The molecule has 8 heteroatoms. The lowest BCUT2D eigenvalue weighted by atomic mass is 10.2. The van der Waals surface area contributed by atoms with Crippen LogP contribution in [-0.2, 0) is 26.9 Å². The van der Waals surface area contributed by atoms with Gasteiger partial charge in [-0.25, -0.2) is 15.0 Å². The molecule has 0 saturated carbocycles. The molecule has 0 unspecified atom stereocenters. The molecule has 0 bridgehead atoms. The molecule has 0 atom stereocenters. The van der Waals surface area contributed by atoms with Crippen LogP contribution >= 0.6 is 12.0 Å². The molecule has 1 N–H and O–H groups in total. The van der Waals surface area contributed by atoms with Crippen LogP contribution in [0.5, 0.6) is 0 Å². The Labute approximate surface area is 155 Å². The van der Waals surface area contributed by atoms with Gasteiger partial charge in [0.05, 0.1) is 12.0 Å². The predicted octanol–water partition coefficient (Wildman–Crippen LogP) is 4.19. The van der Waals surface area contributed by atoms with Crippen LogP contribution in [0.2, 0.25) is 0 Å². The van der Waals surface area contributed by atoms with Crippen LogP contribution in [0.15, 0.2) is 60.7 Å². The van der Waals surface area contributed by atoms with E-state index in [0.29, 0.717) is 4.90 Å². The lowest BCUT2D eigenvalue weighted by Gasteiger charge is -2.19. The summed E-state index contributed by atoms with van der Waals surface area (Å²) in [5.41, 5.74) is 1.49. The highest BCUT2D eigenvalue weighted by molar-refractivity contribution is 7.94. The highest BCUT2D eigenvalue weighted by atomic mass is 32.2. The standard InChI is InChI=1S/C18H18N2O5S/c1-26-25-16(19)20(17(21)23-12-14-8-4-2-5-9-14)18(22)24-13-15-10-6-3-7-11-15/h2-11,19H,12-13H2,1H3. The van der Waals surface area contributed by atoms with Gasteiger partial charge < -0.3 is 13.7 Å². The van der Waals surface area contributed by atoms with Gasteiger partial charge in [0.1, 0.15) is 13.2 Å². The van der Waals surface area contributed by atoms with Crippen molar-refractivity contribution in [2.75, 3.05) is 6.26 Å². The number of benzene rings is 2. The number of ether oxygens (including phenoxy) is 2. The minimum absolute atomic E-state index is 0.0469. The fourth-order valence-corrected chi connectivity index (χ4v) is 2.16.